The lowest BCUT2D eigenvalue weighted by atomic mass is 9.82. The van der Waals surface area contributed by atoms with Crippen LogP contribution in [0.5, 0.6) is 5.75 Å². The maximum atomic E-state index is 13.3. The number of rotatable bonds is 6. The van der Waals surface area contributed by atoms with Gasteiger partial charge < -0.3 is 15.0 Å². The van der Waals surface area contributed by atoms with Crippen LogP contribution in [0.2, 0.25) is 0 Å². The average Bonchev–Trinajstić information content (AvgIpc) is 3.17. The summed E-state index contributed by atoms with van der Waals surface area (Å²) in [6.45, 7) is 0. The van der Waals surface area contributed by atoms with Gasteiger partial charge in [-0.1, -0.05) is 59.1 Å². The molecular weight excluding hydrogens is 404 g/mol. The summed E-state index contributed by atoms with van der Waals surface area (Å²) in [4.78, 5) is 15.5. The molecule has 5 heteroatoms. The number of carbonyl (C=O) groups is 1. The summed E-state index contributed by atoms with van der Waals surface area (Å²) < 4.78 is 6.27. The Bertz CT molecular complexity index is 786. The predicted molar refractivity (Wildman–Crippen MR) is 112 cm³/mol. The van der Waals surface area contributed by atoms with Crippen molar-refractivity contribution in [2.24, 2.45) is 0 Å². The third-order valence-corrected chi connectivity index (χ3v) is 6.21. The number of methoxy groups -OCH3 is 1. The Balaban J connectivity index is 2.00. The number of likely N-dealkylation sites (N-methyl/N-ethyl adjacent to an activating group) is 1. The zero-order valence-corrected chi connectivity index (χ0v) is 17.8. The highest BCUT2D eigenvalue weighted by molar-refractivity contribution is 9.10. The number of ether oxygens (including phenoxy) is 1. The average molecular weight is 431 g/mol. The number of hydrogen-bond donors (Lipinski definition) is 1. The van der Waals surface area contributed by atoms with E-state index in [1.807, 2.05) is 36.4 Å². The molecule has 1 unspecified atom stereocenters. The molecule has 2 aromatic carbocycles. The van der Waals surface area contributed by atoms with E-state index in [1.165, 1.54) is 12.8 Å². The van der Waals surface area contributed by atoms with Crippen LogP contribution in [-0.4, -0.2) is 37.6 Å². The number of nitrogens with zero attached hydrogens (tertiary/aromatic N) is 1. The van der Waals surface area contributed by atoms with Crippen LogP contribution in [0.15, 0.2) is 53.0 Å². The fraction of sp³-hybridized carbons (Fsp3) is 0.409. The molecule has 0 aromatic heterocycles. The first-order chi connectivity index (χ1) is 13.0. The highest BCUT2D eigenvalue weighted by atomic mass is 79.9. The number of nitrogens with one attached hydrogen (secondary N) is 1. The van der Waals surface area contributed by atoms with Crippen molar-refractivity contribution in [1.29, 1.82) is 0 Å². The van der Waals surface area contributed by atoms with E-state index in [0.717, 1.165) is 22.9 Å². The van der Waals surface area contributed by atoms with E-state index < -0.39 is 0 Å². The molecule has 1 amide bonds. The Morgan fingerprint density at radius 1 is 1.15 bits per heavy atom. The molecule has 1 fully saturated rings. The van der Waals surface area contributed by atoms with Crippen molar-refractivity contribution in [3.63, 3.8) is 0 Å². The summed E-state index contributed by atoms with van der Waals surface area (Å²) >= 11 is 3.46. The van der Waals surface area contributed by atoms with Crippen LogP contribution in [0.3, 0.4) is 0 Å². The fourth-order valence-corrected chi connectivity index (χ4v) is 4.58. The Kier molecular flexibility index (Phi) is 6.22. The van der Waals surface area contributed by atoms with Gasteiger partial charge in [-0.15, -0.1) is 0 Å². The summed E-state index contributed by atoms with van der Waals surface area (Å²) in [5, 5.41) is 3.33. The van der Waals surface area contributed by atoms with Gasteiger partial charge in [0.1, 0.15) is 5.75 Å². The Hall–Kier alpha value is -1.85. The van der Waals surface area contributed by atoms with Crippen molar-refractivity contribution >= 4 is 21.8 Å². The lowest BCUT2D eigenvalue weighted by Gasteiger charge is -2.44. The first-order valence-electron chi connectivity index (χ1n) is 9.35. The molecule has 0 saturated heterocycles. The van der Waals surface area contributed by atoms with Crippen molar-refractivity contribution < 1.29 is 9.53 Å². The van der Waals surface area contributed by atoms with Crippen molar-refractivity contribution in [3.8, 4) is 5.75 Å². The van der Waals surface area contributed by atoms with Crippen LogP contribution in [0.1, 0.15) is 47.6 Å². The van der Waals surface area contributed by atoms with Crippen molar-refractivity contribution in [3.05, 3.63) is 64.1 Å². The monoisotopic (exact) mass is 430 g/mol. The Morgan fingerprint density at radius 3 is 2.41 bits per heavy atom. The Labute approximate surface area is 170 Å². The van der Waals surface area contributed by atoms with E-state index in [4.69, 9.17) is 4.74 Å². The van der Waals surface area contributed by atoms with Gasteiger partial charge in [-0.05, 0) is 50.7 Å². The van der Waals surface area contributed by atoms with Gasteiger partial charge >= 0.3 is 0 Å². The summed E-state index contributed by atoms with van der Waals surface area (Å²) in [6, 6.07) is 15.7. The van der Waals surface area contributed by atoms with Crippen LogP contribution in [0, 0.1) is 0 Å². The highest BCUT2D eigenvalue weighted by Gasteiger charge is 2.44. The summed E-state index contributed by atoms with van der Waals surface area (Å²) in [6.07, 6.45) is 4.49. The molecule has 0 bridgehead atoms. The molecule has 2 aromatic rings. The molecule has 1 aliphatic rings. The van der Waals surface area contributed by atoms with Gasteiger partial charge in [-0.25, -0.2) is 0 Å². The summed E-state index contributed by atoms with van der Waals surface area (Å²) in [5.74, 6) is 0.461. The first kappa shape index (κ1) is 19.9. The number of halogens is 1. The fourth-order valence-electron chi connectivity index (χ4n) is 4.22. The smallest absolute Gasteiger partial charge is 0.255 e. The zero-order valence-electron chi connectivity index (χ0n) is 16.2. The normalized spacial score (nSPS) is 16.9. The second-order valence-electron chi connectivity index (χ2n) is 7.37. The Morgan fingerprint density at radius 2 is 1.81 bits per heavy atom. The molecule has 0 aliphatic heterocycles. The predicted octanol–water partition coefficient (Wildman–Crippen LogP) is 4.80. The van der Waals surface area contributed by atoms with Gasteiger partial charge in [0, 0.05) is 10.0 Å². The van der Waals surface area contributed by atoms with E-state index in [9.17, 15) is 4.79 Å². The molecule has 0 radical (unpaired) electrons. The quantitative estimate of drug-likeness (QED) is 0.714. The maximum absolute atomic E-state index is 13.3. The molecule has 144 valence electrons. The first-order valence-corrected chi connectivity index (χ1v) is 10.1. The lowest BCUT2D eigenvalue weighted by molar-refractivity contribution is 0.0764. The second kappa shape index (κ2) is 8.44. The van der Waals surface area contributed by atoms with Crippen LogP contribution in [0.25, 0.3) is 0 Å². The van der Waals surface area contributed by atoms with Gasteiger partial charge in [0.25, 0.3) is 5.91 Å². The third kappa shape index (κ3) is 4.04. The summed E-state index contributed by atoms with van der Waals surface area (Å²) in [5.41, 5.74) is 1.59. The minimum absolute atomic E-state index is 0.0870. The van der Waals surface area contributed by atoms with E-state index in [2.05, 4.69) is 52.4 Å². The molecule has 0 spiro atoms. The van der Waals surface area contributed by atoms with Gasteiger partial charge in [-0.3, -0.25) is 4.79 Å². The molecule has 1 atom stereocenters. The maximum Gasteiger partial charge on any atom is 0.255 e. The van der Waals surface area contributed by atoms with E-state index in [0.29, 0.717) is 11.3 Å². The number of amides is 1. The zero-order chi connectivity index (χ0) is 19.4. The number of carbonyl (C=O) groups excluding carboxylic acids is 1. The van der Waals surface area contributed by atoms with Crippen LogP contribution in [-0.2, 0) is 0 Å². The number of benzene rings is 2. The molecule has 1 aliphatic carbocycles. The molecule has 3 rings (SSSR count). The SMILES string of the molecule is COc1ccc(Br)cc1C(=O)NC(c1ccccc1)C1(N(C)C)CCCC1. The van der Waals surface area contributed by atoms with Gasteiger partial charge in [0.05, 0.1) is 18.7 Å². The van der Waals surface area contributed by atoms with Crippen molar-refractivity contribution in [2.45, 2.75) is 37.3 Å². The summed E-state index contributed by atoms with van der Waals surface area (Å²) in [7, 11) is 5.83. The van der Waals surface area contributed by atoms with Gasteiger partial charge in [0.2, 0.25) is 0 Å². The van der Waals surface area contributed by atoms with Crippen LogP contribution in [0.4, 0.5) is 0 Å². The molecule has 1 N–H and O–H groups in total. The van der Waals surface area contributed by atoms with Gasteiger partial charge in [0.15, 0.2) is 0 Å². The minimum Gasteiger partial charge on any atom is -0.496 e. The lowest BCUT2D eigenvalue weighted by Crippen LogP contribution is -2.53. The molecular formula is C22H27BrN2O2. The molecule has 1 saturated carbocycles. The van der Waals surface area contributed by atoms with Crippen LogP contribution >= 0.6 is 15.9 Å². The molecule has 4 nitrogen and oxygen atoms in total. The minimum atomic E-state index is -0.116. The van der Waals surface area contributed by atoms with Gasteiger partial charge in [-0.2, -0.15) is 0 Å². The molecule has 27 heavy (non-hydrogen) atoms. The van der Waals surface area contributed by atoms with E-state index in [-0.39, 0.29) is 17.5 Å². The highest BCUT2D eigenvalue weighted by Crippen LogP contribution is 2.43. The van der Waals surface area contributed by atoms with Crippen LogP contribution < -0.4 is 10.1 Å². The second-order valence-corrected chi connectivity index (χ2v) is 8.28. The largest absolute Gasteiger partial charge is 0.496 e. The van der Waals surface area contributed by atoms with Crippen molar-refractivity contribution in [1.82, 2.24) is 10.2 Å². The van der Waals surface area contributed by atoms with Crippen molar-refractivity contribution in [2.75, 3.05) is 21.2 Å². The standard InChI is InChI=1S/C22H27BrN2O2/c1-25(2)22(13-7-8-14-22)20(16-9-5-4-6-10-16)24-21(26)18-15-17(23)11-12-19(18)27-3/h4-6,9-12,15,20H,7-8,13-14H2,1-3H3,(H,24,26). The van der Waals surface area contributed by atoms with E-state index >= 15 is 0 Å². The topological polar surface area (TPSA) is 41.6 Å². The number of hydrogen-bond acceptors (Lipinski definition) is 3. The third-order valence-electron chi connectivity index (χ3n) is 5.71. The van der Waals surface area contributed by atoms with E-state index in [1.54, 1.807) is 7.11 Å². The molecule has 0 heterocycles.